The fourth-order valence-electron chi connectivity index (χ4n) is 2.84. The quantitative estimate of drug-likeness (QED) is 0.820. The van der Waals surface area contributed by atoms with Gasteiger partial charge in [-0.15, -0.1) is 0 Å². The van der Waals surface area contributed by atoms with Crippen molar-refractivity contribution in [2.24, 2.45) is 0 Å². The minimum atomic E-state index is -0.120. The maximum Gasteiger partial charge on any atom is 0.242 e. The summed E-state index contributed by atoms with van der Waals surface area (Å²) < 4.78 is 10.3. The second-order valence-electron chi connectivity index (χ2n) is 6.09. The van der Waals surface area contributed by atoms with Gasteiger partial charge < -0.3 is 19.1 Å². The second kappa shape index (κ2) is 7.38. The molecule has 0 unspecified atom stereocenters. The van der Waals surface area contributed by atoms with E-state index in [-0.39, 0.29) is 24.8 Å². The highest BCUT2D eigenvalue weighted by Gasteiger charge is 2.27. The molecule has 7 heteroatoms. The molecule has 1 aliphatic heterocycles. The fourth-order valence-corrected chi connectivity index (χ4v) is 2.84. The summed E-state index contributed by atoms with van der Waals surface area (Å²) in [6.07, 6.45) is 0.129. The molecule has 2 heterocycles. The average Bonchev–Trinajstić information content (AvgIpc) is 3.01. The molecule has 0 atom stereocenters. The SMILES string of the molecule is COc1cccc(CN2CCN(C(=O)Cc3cc(C)no3)CC2=O)c1. The smallest absolute Gasteiger partial charge is 0.242 e. The van der Waals surface area contributed by atoms with Crippen LogP contribution in [-0.2, 0) is 22.6 Å². The van der Waals surface area contributed by atoms with E-state index in [2.05, 4.69) is 5.16 Å². The van der Waals surface area contributed by atoms with Crippen LogP contribution in [0.25, 0.3) is 0 Å². The molecule has 1 fully saturated rings. The Kier molecular flexibility index (Phi) is 5.02. The summed E-state index contributed by atoms with van der Waals surface area (Å²) in [6.45, 7) is 3.44. The largest absolute Gasteiger partial charge is 0.497 e. The van der Waals surface area contributed by atoms with Gasteiger partial charge in [0.05, 0.1) is 25.8 Å². The lowest BCUT2D eigenvalue weighted by Gasteiger charge is -2.34. The van der Waals surface area contributed by atoms with E-state index in [1.807, 2.05) is 24.3 Å². The topological polar surface area (TPSA) is 75.9 Å². The van der Waals surface area contributed by atoms with E-state index in [1.165, 1.54) is 0 Å². The number of amides is 2. The van der Waals surface area contributed by atoms with Crippen LogP contribution in [0.3, 0.4) is 0 Å². The van der Waals surface area contributed by atoms with Crippen LogP contribution in [0, 0.1) is 6.92 Å². The van der Waals surface area contributed by atoms with Crippen LogP contribution < -0.4 is 4.74 Å². The molecule has 3 rings (SSSR count). The van der Waals surface area contributed by atoms with Gasteiger partial charge in [-0.3, -0.25) is 9.59 Å². The van der Waals surface area contributed by atoms with Crippen LogP contribution in [0.2, 0.25) is 0 Å². The first kappa shape index (κ1) is 17.0. The third-order valence-electron chi connectivity index (χ3n) is 4.18. The maximum absolute atomic E-state index is 12.4. The van der Waals surface area contributed by atoms with Crippen molar-refractivity contribution < 1.29 is 18.8 Å². The Balaban J connectivity index is 1.56. The summed E-state index contributed by atoms with van der Waals surface area (Å²) in [5, 5.41) is 3.77. The van der Waals surface area contributed by atoms with Gasteiger partial charge in [0.2, 0.25) is 11.8 Å². The van der Waals surface area contributed by atoms with Gasteiger partial charge in [-0.2, -0.15) is 0 Å². The van der Waals surface area contributed by atoms with E-state index in [4.69, 9.17) is 9.26 Å². The second-order valence-corrected chi connectivity index (χ2v) is 6.09. The molecule has 132 valence electrons. The first-order valence-electron chi connectivity index (χ1n) is 8.16. The minimum Gasteiger partial charge on any atom is -0.497 e. The molecule has 7 nitrogen and oxygen atoms in total. The fraction of sp³-hybridized carbons (Fsp3) is 0.389. The van der Waals surface area contributed by atoms with Crippen molar-refractivity contribution in [2.45, 2.75) is 19.9 Å². The van der Waals surface area contributed by atoms with E-state index >= 15 is 0 Å². The number of aromatic nitrogens is 1. The molecule has 2 aromatic rings. The molecule has 0 bridgehead atoms. The zero-order chi connectivity index (χ0) is 17.8. The Hall–Kier alpha value is -2.83. The van der Waals surface area contributed by atoms with Crippen LogP contribution in [0.15, 0.2) is 34.9 Å². The van der Waals surface area contributed by atoms with Gasteiger partial charge in [0.1, 0.15) is 11.5 Å². The third kappa shape index (κ3) is 4.17. The van der Waals surface area contributed by atoms with E-state index in [1.54, 1.807) is 29.9 Å². The number of carbonyl (C=O) groups excluding carboxylic acids is 2. The number of ether oxygens (including phenoxy) is 1. The Labute approximate surface area is 146 Å². The molecule has 1 aliphatic rings. The predicted octanol–water partition coefficient (Wildman–Crippen LogP) is 1.41. The Morgan fingerprint density at radius 2 is 2.16 bits per heavy atom. The number of hydrogen-bond acceptors (Lipinski definition) is 5. The highest BCUT2D eigenvalue weighted by Crippen LogP contribution is 2.16. The minimum absolute atomic E-state index is 0.0591. The molecule has 0 radical (unpaired) electrons. The molecule has 0 saturated carbocycles. The van der Waals surface area contributed by atoms with Crippen molar-refractivity contribution >= 4 is 11.8 Å². The van der Waals surface area contributed by atoms with Crippen LogP contribution >= 0.6 is 0 Å². The average molecular weight is 343 g/mol. The number of benzene rings is 1. The van der Waals surface area contributed by atoms with Crippen molar-refractivity contribution in [1.82, 2.24) is 15.0 Å². The highest BCUT2D eigenvalue weighted by molar-refractivity contribution is 5.86. The first-order chi connectivity index (χ1) is 12.0. The third-order valence-corrected chi connectivity index (χ3v) is 4.18. The summed E-state index contributed by atoms with van der Waals surface area (Å²) in [7, 11) is 1.62. The summed E-state index contributed by atoms with van der Waals surface area (Å²) >= 11 is 0. The lowest BCUT2D eigenvalue weighted by atomic mass is 10.1. The van der Waals surface area contributed by atoms with Gasteiger partial charge in [0.25, 0.3) is 0 Å². The van der Waals surface area contributed by atoms with Crippen LogP contribution in [0.5, 0.6) is 5.75 Å². The van der Waals surface area contributed by atoms with Crippen molar-refractivity contribution in [3.8, 4) is 5.75 Å². The zero-order valence-corrected chi connectivity index (χ0v) is 14.4. The highest BCUT2D eigenvalue weighted by atomic mass is 16.5. The van der Waals surface area contributed by atoms with Crippen LogP contribution in [-0.4, -0.2) is 53.5 Å². The Morgan fingerprint density at radius 3 is 2.84 bits per heavy atom. The molecular formula is C18H21N3O4. The lowest BCUT2D eigenvalue weighted by molar-refractivity contribution is -0.145. The van der Waals surface area contributed by atoms with Gasteiger partial charge in [0.15, 0.2) is 0 Å². The molecule has 25 heavy (non-hydrogen) atoms. The number of hydrogen-bond donors (Lipinski definition) is 0. The molecule has 0 N–H and O–H groups in total. The van der Waals surface area contributed by atoms with Crippen LogP contribution in [0.4, 0.5) is 0 Å². The molecule has 1 aromatic heterocycles. The number of methoxy groups -OCH3 is 1. The zero-order valence-electron chi connectivity index (χ0n) is 14.4. The summed E-state index contributed by atoms with van der Waals surface area (Å²) in [4.78, 5) is 28.0. The standard InChI is InChI=1S/C18H21N3O4/c1-13-8-16(25-19-13)10-17(22)21-7-6-20(18(23)12-21)11-14-4-3-5-15(9-14)24-2/h3-5,8-9H,6-7,10-12H2,1-2H3. The van der Waals surface area contributed by atoms with Crippen molar-refractivity contribution in [3.05, 3.63) is 47.3 Å². The van der Waals surface area contributed by atoms with Gasteiger partial charge >= 0.3 is 0 Å². The normalized spacial score (nSPS) is 14.7. The van der Waals surface area contributed by atoms with Gasteiger partial charge in [-0.05, 0) is 24.6 Å². The summed E-state index contributed by atoms with van der Waals surface area (Å²) in [6, 6.07) is 9.38. The Bertz CT molecular complexity index is 771. The molecule has 1 saturated heterocycles. The van der Waals surface area contributed by atoms with Crippen LogP contribution in [0.1, 0.15) is 17.0 Å². The Morgan fingerprint density at radius 1 is 1.32 bits per heavy atom. The monoisotopic (exact) mass is 343 g/mol. The van der Waals surface area contributed by atoms with E-state index in [0.29, 0.717) is 25.4 Å². The number of carbonyl (C=O) groups is 2. The molecule has 1 aromatic carbocycles. The number of aryl methyl sites for hydroxylation is 1. The lowest BCUT2D eigenvalue weighted by Crippen LogP contribution is -2.52. The molecule has 0 spiro atoms. The first-order valence-corrected chi connectivity index (χ1v) is 8.16. The van der Waals surface area contributed by atoms with E-state index in [9.17, 15) is 9.59 Å². The molecular weight excluding hydrogens is 322 g/mol. The maximum atomic E-state index is 12.4. The molecule has 2 amide bonds. The van der Waals surface area contributed by atoms with Gasteiger partial charge in [0, 0.05) is 25.7 Å². The summed E-state index contributed by atoms with van der Waals surface area (Å²) in [5.41, 5.74) is 1.74. The number of nitrogens with zero attached hydrogens (tertiary/aromatic N) is 3. The summed E-state index contributed by atoms with van der Waals surface area (Å²) in [5.74, 6) is 1.11. The van der Waals surface area contributed by atoms with Crippen molar-refractivity contribution in [3.63, 3.8) is 0 Å². The number of piperazine rings is 1. The predicted molar refractivity (Wildman–Crippen MR) is 89.9 cm³/mol. The number of rotatable bonds is 5. The molecule has 0 aliphatic carbocycles. The van der Waals surface area contributed by atoms with Crippen molar-refractivity contribution in [2.75, 3.05) is 26.7 Å². The van der Waals surface area contributed by atoms with Crippen molar-refractivity contribution in [1.29, 1.82) is 0 Å². The van der Waals surface area contributed by atoms with Gasteiger partial charge in [-0.25, -0.2) is 0 Å². The van der Waals surface area contributed by atoms with E-state index < -0.39 is 0 Å². The van der Waals surface area contributed by atoms with Gasteiger partial charge in [-0.1, -0.05) is 17.3 Å². The van der Waals surface area contributed by atoms with E-state index in [0.717, 1.165) is 17.0 Å².